The van der Waals surface area contributed by atoms with Crippen LogP contribution in [0.25, 0.3) is 10.9 Å². The molecule has 2 heterocycles. The van der Waals surface area contributed by atoms with Gasteiger partial charge in [0.1, 0.15) is 12.4 Å². The lowest BCUT2D eigenvalue weighted by Crippen LogP contribution is -2.41. The van der Waals surface area contributed by atoms with Crippen molar-refractivity contribution in [1.82, 2.24) is 21.1 Å². The van der Waals surface area contributed by atoms with E-state index in [4.69, 9.17) is 9.94 Å². The highest BCUT2D eigenvalue weighted by Gasteiger charge is 2.30. The summed E-state index contributed by atoms with van der Waals surface area (Å²) in [6.45, 7) is 3.55. The molecule has 1 aliphatic heterocycles. The molecule has 0 saturated carbocycles. The van der Waals surface area contributed by atoms with Crippen LogP contribution in [0.2, 0.25) is 0 Å². The first-order valence-corrected chi connectivity index (χ1v) is 10.6. The molecule has 8 nitrogen and oxygen atoms in total. The minimum absolute atomic E-state index is 0.0765. The molecule has 32 heavy (non-hydrogen) atoms. The number of amides is 2. The maximum atomic E-state index is 12.6. The molecular weight excluding hydrogens is 408 g/mol. The van der Waals surface area contributed by atoms with Crippen molar-refractivity contribution in [3.8, 4) is 5.75 Å². The highest BCUT2D eigenvalue weighted by Crippen LogP contribution is 2.21. The monoisotopic (exact) mass is 434 g/mol. The molecule has 1 aliphatic rings. The molecule has 0 unspecified atom stereocenters. The number of hydroxylamine groups is 1. The largest absolute Gasteiger partial charge is 0.489 e. The molecule has 4 N–H and O–H groups in total. The van der Waals surface area contributed by atoms with Crippen LogP contribution in [0.4, 0.5) is 0 Å². The predicted octanol–water partition coefficient (Wildman–Crippen LogP) is 2.34. The number of pyridine rings is 1. The molecule has 2 atom stereocenters. The summed E-state index contributed by atoms with van der Waals surface area (Å²) in [4.78, 5) is 28.6. The van der Waals surface area contributed by atoms with Gasteiger partial charge < -0.3 is 15.4 Å². The van der Waals surface area contributed by atoms with E-state index in [9.17, 15) is 9.59 Å². The summed E-state index contributed by atoms with van der Waals surface area (Å²) in [6, 6.07) is 16.8. The summed E-state index contributed by atoms with van der Waals surface area (Å²) in [5.41, 5.74) is 5.09. The van der Waals surface area contributed by atoms with E-state index in [1.165, 1.54) is 0 Å². The van der Waals surface area contributed by atoms with Gasteiger partial charge in [-0.25, -0.2) is 5.48 Å². The Bertz CT molecular complexity index is 1120. The van der Waals surface area contributed by atoms with Gasteiger partial charge >= 0.3 is 0 Å². The maximum Gasteiger partial charge on any atom is 0.251 e. The van der Waals surface area contributed by atoms with Gasteiger partial charge in [0.05, 0.1) is 5.52 Å². The van der Waals surface area contributed by atoms with E-state index in [1.807, 2.05) is 37.3 Å². The fourth-order valence-corrected chi connectivity index (χ4v) is 4.03. The van der Waals surface area contributed by atoms with E-state index in [2.05, 4.69) is 15.6 Å². The lowest BCUT2D eigenvalue weighted by atomic mass is 9.99. The minimum atomic E-state index is -0.461. The van der Waals surface area contributed by atoms with Crippen molar-refractivity contribution in [3.63, 3.8) is 0 Å². The van der Waals surface area contributed by atoms with Gasteiger partial charge in [0, 0.05) is 53.7 Å². The average Bonchev–Trinajstić information content (AvgIpc) is 3.23. The Hall–Kier alpha value is -3.49. The van der Waals surface area contributed by atoms with Crippen LogP contribution in [0.5, 0.6) is 5.75 Å². The lowest BCUT2D eigenvalue weighted by Gasteiger charge is -2.19. The normalized spacial score (nSPS) is 17.8. The van der Waals surface area contributed by atoms with Crippen molar-refractivity contribution < 1.29 is 19.5 Å². The highest BCUT2D eigenvalue weighted by molar-refractivity contribution is 5.94. The Morgan fingerprint density at radius 1 is 1.16 bits per heavy atom. The van der Waals surface area contributed by atoms with E-state index in [1.54, 1.807) is 29.7 Å². The number of nitrogens with one attached hydrogen (secondary N) is 3. The third-order valence-electron chi connectivity index (χ3n) is 5.67. The standard InChI is InChI=1S/C24H26N4O4/c1-15-10-18(20-4-2-3-5-21(20)26-15)14-32-19-8-6-16(7-9-19)24(30)27-22-13-25-12-17(22)11-23(29)28-31/h2-10,17,22,25,31H,11-14H2,1H3,(H,27,30)(H,28,29)/t17-,22-/m0/s1. The van der Waals surface area contributed by atoms with Crippen molar-refractivity contribution in [2.45, 2.75) is 26.0 Å². The molecule has 1 aromatic heterocycles. The number of benzene rings is 2. The SMILES string of the molecule is Cc1cc(COc2ccc(C(=O)N[C@H]3CNC[C@@H]3CC(=O)NO)cc2)c2ccccc2n1. The average molecular weight is 434 g/mol. The van der Waals surface area contributed by atoms with Crippen LogP contribution in [0.3, 0.4) is 0 Å². The first kappa shape index (κ1) is 21.7. The molecule has 8 heteroatoms. The molecule has 0 spiro atoms. The van der Waals surface area contributed by atoms with Crippen LogP contribution in [0.15, 0.2) is 54.6 Å². The third-order valence-corrected chi connectivity index (χ3v) is 5.67. The van der Waals surface area contributed by atoms with Gasteiger partial charge in [0.2, 0.25) is 5.91 Å². The molecule has 1 saturated heterocycles. The van der Waals surface area contributed by atoms with E-state index < -0.39 is 5.91 Å². The van der Waals surface area contributed by atoms with Crippen molar-refractivity contribution in [1.29, 1.82) is 0 Å². The lowest BCUT2D eigenvalue weighted by molar-refractivity contribution is -0.130. The number of aryl methyl sites for hydroxylation is 1. The summed E-state index contributed by atoms with van der Waals surface area (Å²) in [6.07, 6.45) is 0.143. The minimum Gasteiger partial charge on any atom is -0.489 e. The van der Waals surface area contributed by atoms with Gasteiger partial charge in [-0.05, 0) is 43.3 Å². The number of nitrogens with zero attached hydrogens (tertiary/aromatic N) is 1. The Kier molecular flexibility index (Phi) is 6.63. The summed E-state index contributed by atoms with van der Waals surface area (Å²) in [5, 5.41) is 15.9. The molecule has 2 aromatic carbocycles. The molecule has 1 fully saturated rings. The number of hydrogen-bond donors (Lipinski definition) is 4. The van der Waals surface area contributed by atoms with Crippen molar-refractivity contribution in [2.24, 2.45) is 5.92 Å². The number of carbonyl (C=O) groups is 2. The van der Waals surface area contributed by atoms with Crippen molar-refractivity contribution in [2.75, 3.05) is 13.1 Å². The van der Waals surface area contributed by atoms with Gasteiger partial charge in [-0.3, -0.25) is 19.8 Å². The summed E-state index contributed by atoms with van der Waals surface area (Å²) < 4.78 is 5.96. The van der Waals surface area contributed by atoms with Crippen molar-refractivity contribution in [3.05, 3.63) is 71.4 Å². The second-order valence-corrected chi connectivity index (χ2v) is 7.99. The Labute approximate surface area is 186 Å². The second-order valence-electron chi connectivity index (χ2n) is 7.99. The van der Waals surface area contributed by atoms with E-state index in [0.29, 0.717) is 31.0 Å². The molecule has 0 bridgehead atoms. The Morgan fingerprint density at radius 3 is 2.72 bits per heavy atom. The van der Waals surface area contributed by atoms with Gasteiger partial charge in [0.25, 0.3) is 5.91 Å². The summed E-state index contributed by atoms with van der Waals surface area (Å²) in [7, 11) is 0. The Balaban J connectivity index is 1.37. The zero-order valence-electron chi connectivity index (χ0n) is 17.8. The fraction of sp³-hybridized carbons (Fsp3) is 0.292. The van der Waals surface area contributed by atoms with Crippen LogP contribution >= 0.6 is 0 Å². The van der Waals surface area contributed by atoms with Crippen LogP contribution in [-0.4, -0.2) is 41.1 Å². The topological polar surface area (TPSA) is 113 Å². The second kappa shape index (κ2) is 9.76. The van der Waals surface area contributed by atoms with Gasteiger partial charge in [-0.2, -0.15) is 0 Å². The van der Waals surface area contributed by atoms with E-state index in [0.717, 1.165) is 22.2 Å². The molecule has 0 radical (unpaired) electrons. The number of rotatable bonds is 7. The number of hydrogen-bond acceptors (Lipinski definition) is 6. The first-order valence-electron chi connectivity index (χ1n) is 10.6. The maximum absolute atomic E-state index is 12.6. The number of para-hydroxylation sites is 1. The number of carbonyl (C=O) groups excluding carboxylic acids is 2. The van der Waals surface area contributed by atoms with Crippen LogP contribution in [0.1, 0.15) is 28.0 Å². The number of ether oxygens (including phenoxy) is 1. The molecule has 3 aromatic rings. The van der Waals surface area contributed by atoms with Crippen LogP contribution < -0.4 is 20.9 Å². The van der Waals surface area contributed by atoms with Crippen molar-refractivity contribution >= 4 is 22.7 Å². The first-order chi connectivity index (χ1) is 15.5. The summed E-state index contributed by atoms with van der Waals surface area (Å²) in [5.74, 6) is -0.0838. The van der Waals surface area contributed by atoms with Crippen LogP contribution in [-0.2, 0) is 11.4 Å². The Morgan fingerprint density at radius 2 is 1.94 bits per heavy atom. The fourth-order valence-electron chi connectivity index (χ4n) is 4.03. The molecule has 2 amide bonds. The molecular formula is C24H26N4O4. The molecule has 166 valence electrons. The van der Waals surface area contributed by atoms with Gasteiger partial charge in [-0.15, -0.1) is 0 Å². The van der Waals surface area contributed by atoms with E-state index >= 15 is 0 Å². The van der Waals surface area contributed by atoms with Gasteiger partial charge in [-0.1, -0.05) is 18.2 Å². The quantitative estimate of drug-likeness (QED) is 0.335. The smallest absolute Gasteiger partial charge is 0.251 e. The zero-order valence-corrected chi connectivity index (χ0v) is 17.8. The number of aromatic nitrogens is 1. The number of fused-ring (bicyclic) bond motifs is 1. The highest BCUT2D eigenvalue weighted by atomic mass is 16.5. The van der Waals surface area contributed by atoms with Gasteiger partial charge in [0.15, 0.2) is 0 Å². The zero-order chi connectivity index (χ0) is 22.5. The summed E-state index contributed by atoms with van der Waals surface area (Å²) >= 11 is 0. The predicted molar refractivity (Wildman–Crippen MR) is 119 cm³/mol. The van der Waals surface area contributed by atoms with Crippen LogP contribution in [0, 0.1) is 12.8 Å². The molecule has 4 rings (SSSR count). The van der Waals surface area contributed by atoms with E-state index in [-0.39, 0.29) is 24.3 Å². The third kappa shape index (κ3) is 5.04. The molecule has 0 aliphatic carbocycles.